The molecule has 0 unspecified atom stereocenters. The lowest BCUT2D eigenvalue weighted by atomic mass is 10.0. The van der Waals surface area contributed by atoms with E-state index in [1.54, 1.807) is 30.3 Å². The minimum Gasteiger partial charge on any atom is -0.378 e. The summed E-state index contributed by atoms with van der Waals surface area (Å²) in [4.78, 5) is 11.4. The van der Waals surface area contributed by atoms with Crippen LogP contribution in [0.5, 0.6) is 0 Å². The van der Waals surface area contributed by atoms with E-state index in [0.717, 1.165) is 20.8 Å². The Labute approximate surface area is 221 Å². The first-order valence-electron chi connectivity index (χ1n) is 11.9. The zero-order valence-electron chi connectivity index (χ0n) is 20.4. The van der Waals surface area contributed by atoms with Crippen LogP contribution in [0.3, 0.4) is 0 Å². The van der Waals surface area contributed by atoms with Gasteiger partial charge in [0, 0.05) is 19.5 Å². The van der Waals surface area contributed by atoms with Gasteiger partial charge in [-0.15, -0.1) is 9.19 Å². The van der Waals surface area contributed by atoms with Gasteiger partial charge in [-0.25, -0.2) is 0 Å². The Morgan fingerprint density at radius 2 is 1.54 bits per heavy atom. The second-order valence-corrected chi connectivity index (χ2v) is 11.0. The molecule has 0 aliphatic carbocycles. The molecule has 0 spiro atoms. The van der Waals surface area contributed by atoms with Gasteiger partial charge >= 0.3 is 0 Å². The molecule has 4 aromatic rings. The standard InChI is InChI=1S/C27H27N5O3S2/c1-36-27(31-16-18-35-19-17-31)29-26-28-25(30-32(26)37(33,34)24-10-6-3-7-11-24)20-21-12-14-23(15-13-21)22-8-4-2-5-9-22/h2-15H,16-20H2,1H3. The van der Waals surface area contributed by atoms with E-state index in [2.05, 4.69) is 32.1 Å². The number of nitrogens with zero attached hydrogens (tertiary/aromatic N) is 5. The Morgan fingerprint density at radius 3 is 2.19 bits per heavy atom. The maximum absolute atomic E-state index is 13.5. The minimum absolute atomic E-state index is 0.0376. The molecular weight excluding hydrogens is 506 g/mol. The van der Waals surface area contributed by atoms with E-state index in [9.17, 15) is 8.42 Å². The van der Waals surface area contributed by atoms with Crippen LogP contribution in [-0.2, 0) is 21.2 Å². The van der Waals surface area contributed by atoms with Crippen molar-refractivity contribution in [2.75, 3.05) is 32.6 Å². The van der Waals surface area contributed by atoms with Crippen molar-refractivity contribution < 1.29 is 13.2 Å². The number of benzene rings is 3. The van der Waals surface area contributed by atoms with Gasteiger partial charge in [0.1, 0.15) is 0 Å². The fourth-order valence-electron chi connectivity index (χ4n) is 4.04. The van der Waals surface area contributed by atoms with Crippen molar-refractivity contribution in [2.45, 2.75) is 11.3 Å². The molecule has 0 radical (unpaired) electrons. The summed E-state index contributed by atoms with van der Waals surface area (Å²) in [5, 5.41) is 5.10. The van der Waals surface area contributed by atoms with Gasteiger partial charge in [-0.3, -0.25) is 0 Å². The van der Waals surface area contributed by atoms with Gasteiger partial charge in [-0.2, -0.15) is 18.4 Å². The summed E-state index contributed by atoms with van der Waals surface area (Å²) in [6.45, 7) is 2.55. The van der Waals surface area contributed by atoms with Gasteiger partial charge in [-0.1, -0.05) is 84.6 Å². The Morgan fingerprint density at radius 1 is 0.919 bits per heavy atom. The van der Waals surface area contributed by atoms with Crippen LogP contribution in [-0.4, -0.2) is 65.2 Å². The summed E-state index contributed by atoms with van der Waals surface area (Å²) in [6.07, 6.45) is 2.29. The van der Waals surface area contributed by atoms with E-state index in [4.69, 9.17) is 4.74 Å². The molecule has 1 aromatic heterocycles. The monoisotopic (exact) mass is 533 g/mol. The molecule has 0 atom stereocenters. The maximum atomic E-state index is 13.5. The highest BCUT2D eigenvalue weighted by atomic mass is 32.2. The Bertz CT molecular complexity index is 1470. The molecule has 0 amide bonds. The van der Waals surface area contributed by atoms with E-state index in [0.29, 0.717) is 43.7 Å². The van der Waals surface area contributed by atoms with E-state index >= 15 is 0 Å². The van der Waals surface area contributed by atoms with E-state index in [-0.39, 0.29) is 10.8 Å². The normalized spacial score (nSPS) is 14.6. The van der Waals surface area contributed by atoms with E-state index < -0.39 is 10.0 Å². The largest absolute Gasteiger partial charge is 0.378 e. The van der Waals surface area contributed by atoms with E-state index in [1.807, 2.05) is 48.7 Å². The quantitative estimate of drug-likeness (QED) is 0.267. The average molecular weight is 534 g/mol. The number of aromatic nitrogens is 3. The molecule has 8 nitrogen and oxygen atoms in total. The molecule has 0 bridgehead atoms. The van der Waals surface area contributed by atoms with Crippen molar-refractivity contribution in [3.63, 3.8) is 0 Å². The average Bonchev–Trinajstić information content (AvgIpc) is 3.36. The third-order valence-corrected chi connectivity index (χ3v) is 8.24. The predicted octanol–water partition coefficient (Wildman–Crippen LogP) is 4.46. The number of hydrogen-bond acceptors (Lipinski definition) is 7. The number of aliphatic imine (C=N–C) groups is 1. The smallest absolute Gasteiger partial charge is 0.286 e. The molecule has 1 aliphatic heterocycles. The molecule has 1 saturated heterocycles. The van der Waals surface area contributed by atoms with Crippen molar-refractivity contribution in [1.29, 1.82) is 0 Å². The van der Waals surface area contributed by atoms with Crippen LogP contribution in [0, 0.1) is 0 Å². The Hall–Kier alpha value is -3.47. The van der Waals surface area contributed by atoms with Gasteiger partial charge in [0.15, 0.2) is 11.0 Å². The van der Waals surface area contributed by atoms with Crippen LogP contribution in [0.4, 0.5) is 5.95 Å². The molecule has 5 rings (SSSR count). The molecular formula is C27H27N5O3S2. The maximum Gasteiger partial charge on any atom is 0.286 e. The van der Waals surface area contributed by atoms with Crippen LogP contribution in [0.1, 0.15) is 11.4 Å². The second-order valence-electron chi connectivity index (χ2n) is 8.43. The molecule has 2 heterocycles. The second kappa shape index (κ2) is 11.3. The molecule has 0 N–H and O–H groups in total. The van der Waals surface area contributed by atoms with Crippen LogP contribution in [0.15, 0.2) is 94.8 Å². The molecule has 1 aliphatic rings. The van der Waals surface area contributed by atoms with Crippen molar-refractivity contribution in [3.05, 3.63) is 96.3 Å². The van der Waals surface area contributed by atoms with Crippen LogP contribution in [0.2, 0.25) is 0 Å². The number of morpholine rings is 1. The predicted molar refractivity (Wildman–Crippen MR) is 147 cm³/mol. The zero-order valence-corrected chi connectivity index (χ0v) is 22.0. The minimum atomic E-state index is -3.98. The Kier molecular flexibility index (Phi) is 7.68. The third kappa shape index (κ3) is 5.76. The van der Waals surface area contributed by atoms with Crippen LogP contribution in [0.25, 0.3) is 11.1 Å². The van der Waals surface area contributed by atoms with E-state index in [1.165, 1.54) is 11.8 Å². The molecule has 1 fully saturated rings. The first kappa shape index (κ1) is 25.2. The molecule has 37 heavy (non-hydrogen) atoms. The molecule has 3 aromatic carbocycles. The molecule has 190 valence electrons. The topological polar surface area (TPSA) is 89.7 Å². The number of amidine groups is 1. The fraction of sp³-hybridized carbons (Fsp3) is 0.222. The lowest BCUT2D eigenvalue weighted by molar-refractivity contribution is 0.0693. The van der Waals surface area contributed by atoms with Gasteiger partial charge in [-0.05, 0) is 35.1 Å². The summed E-state index contributed by atoms with van der Waals surface area (Å²) >= 11 is 1.44. The van der Waals surface area contributed by atoms with Crippen molar-refractivity contribution >= 4 is 32.9 Å². The highest BCUT2D eigenvalue weighted by Gasteiger charge is 2.25. The van der Waals surface area contributed by atoms with Crippen molar-refractivity contribution in [2.24, 2.45) is 4.99 Å². The van der Waals surface area contributed by atoms with Crippen molar-refractivity contribution in [3.8, 4) is 11.1 Å². The van der Waals surface area contributed by atoms with Gasteiger partial charge < -0.3 is 9.64 Å². The van der Waals surface area contributed by atoms with Gasteiger partial charge in [0.05, 0.1) is 18.1 Å². The lowest BCUT2D eigenvalue weighted by Gasteiger charge is -2.28. The summed E-state index contributed by atoms with van der Waals surface area (Å²) in [5.74, 6) is 0.420. The summed E-state index contributed by atoms with van der Waals surface area (Å²) < 4.78 is 33.4. The van der Waals surface area contributed by atoms with Crippen LogP contribution >= 0.6 is 11.8 Å². The van der Waals surface area contributed by atoms with Gasteiger partial charge in [0.2, 0.25) is 0 Å². The number of hydrogen-bond donors (Lipinski definition) is 0. The summed E-state index contributed by atoms with van der Waals surface area (Å²) in [5.41, 5.74) is 3.22. The number of ether oxygens (including phenoxy) is 1. The Balaban J connectivity index is 1.50. The number of thioether (sulfide) groups is 1. The van der Waals surface area contributed by atoms with Gasteiger partial charge in [0.25, 0.3) is 16.0 Å². The SMILES string of the molecule is CSC(=Nc1nc(Cc2ccc(-c3ccccc3)cc2)nn1S(=O)(=O)c1ccccc1)N1CCOCC1. The highest BCUT2D eigenvalue weighted by Crippen LogP contribution is 2.24. The molecule has 10 heteroatoms. The molecule has 0 saturated carbocycles. The lowest BCUT2D eigenvalue weighted by Crippen LogP contribution is -2.39. The first-order chi connectivity index (χ1) is 18.0. The zero-order chi connectivity index (χ0) is 25.7. The van der Waals surface area contributed by atoms with Crippen molar-refractivity contribution in [1.82, 2.24) is 19.1 Å². The summed E-state index contributed by atoms with van der Waals surface area (Å²) in [6, 6.07) is 26.5. The number of rotatable bonds is 6. The highest BCUT2D eigenvalue weighted by molar-refractivity contribution is 8.13. The third-order valence-electron chi connectivity index (χ3n) is 5.96. The summed E-state index contributed by atoms with van der Waals surface area (Å²) in [7, 11) is -3.98. The van der Waals surface area contributed by atoms with Crippen LogP contribution < -0.4 is 0 Å². The fourth-order valence-corrected chi connectivity index (χ4v) is 5.85. The first-order valence-corrected chi connectivity index (χ1v) is 14.6.